The minimum Gasteiger partial charge on any atom is -0.491 e. The Hall–Kier alpha value is -2.79. The fourth-order valence-electron chi connectivity index (χ4n) is 3.52. The molecule has 0 heterocycles. The van der Waals surface area contributed by atoms with Gasteiger partial charge in [0, 0.05) is 32.0 Å². The average Bonchev–Trinajstić information content (AvgIpc) is 2.80. The van der Waals surface area contributed by atoms with Gasteiger partial charge in [-0.25, -0.2) is 4.79 Å². The highest BCUT2D eigenvalue weighted by Crippen LogP contribution is 2.30. The second-order valence-electron chi connectivity index (χ2n) is 8.47. The van der Waals surface area contributed by atoms with Crippen LogP contribution in [0.25, 0.3) is 17.2 Å². The Balaban J connectivity index is 2.15. The molecule has 0 aliphatic rings. The summed E-state index contributed by atoms with van der Waals surface area (Å²) in [6, 6.07) is 14.4. The van der Waals surface area contributed by atoms with E-state index in [1.54, 1.807) is 6.92 Å². The number of esters is 1. The van der Waals surface area contributed by atoms with E-state index < -0.39 is 0 Å². The molecule has 33 heavy (non-hydrogen) atoms. The first-order valence-electron chi connectivity index (χ1n) is 12.0. The molecular formula is C28H39NO4. The third kappa shape index (κ3) is 9.30. The predicted molar refractivity (Wildman–Crippen MR) is 137 cm³/mol. The van der Waals surface area contributed by atoms with Crippen LogP contribution < -0.4 is 9.64 Å². The molecule has 0 radical (unpaired) electrons. The van der Waals surface area contributed by atoms with Crippen molar-refractivity contribution < 1.29 is 19.0 Å². The van der Waals surface area contributed by atoms with E-state index in [4.69, 9.17) is 14.2 Å². The van der Waals surface area contributed by atoms with Crippen LogP contribution in [0.3, 0.4) is 0 Å². The molecular weight excluding hydrogens is 414 g/mol. The third-order valence-corrected chi connectivity index (χ3v) is 5.09. The first-order valence-corrected chi connectivity index (χ1v) is 12.0. The van der Waals surface area contributed by atoms with Crippen LogP contribution in [0.15, 0.2) is 48.5 Å². The van der Waals surface area contributed by atoms with Crippen LogP contribution in [0.2, 0.25) is 0 Å². The van der Waals surface area contributed by atoms with Crippen molar-refractivity contribution in [1.82, 2.24) is 0 Å². The van der Waals surface area contributed by atoms with E-state index >= 15 is 0 Å². The van der Waals surface area contributed by atoms with Gasteiger partial charge in [0.15, 0.2) is 0 Å². The zero-order valence-corrected chi connectivity index (χ0v) is 20.8. The van der Waals surface area contributed by atoms with Gasteiger partial charge in [-0.3, -0.25) is 0 Å². The van der Waals surface area contributed by atoms with E-state index in [0.717, 1.165) is 54.1 Å². The number of benzene rings is 2. The second kappa shape index (κ2) is 14.4. The zero-order chi connectivity index (χ0) is 24.1. The Morgan fingerprint density at radius 3 is 2.39 bits per heavy atom. The predicted octanol–water partition coefficient (Wildman–Crippen LogP) is 6.22. The number of unbranched alkanes of at least 4 members (excludes halogenated alkanes) is 1. The van der Waals surface area contributed by atoms with Gasteiger partial charge in [-0.15, -0.1) is 0 Å². The molecule has 0 atom stereocenters. The molecule has 0 fully saturated rings. The van der Waals surface area contributed by atoms with Crippen LogP contribution >= 0.6 is 0 Å². The fraction of sp³-hybridized carbons (Fsp3) is 0.464. The van der Waals surface area contributed by atoms with E-state index in [9.17, 15) is 4.79 Å². The van der Waals surface area contributed by atoms with Gasteiger partial charge in [-0.05, 0) is 66.3 Å². The Morgan fingerprint density at radius 1 is 1.00 bits per heavy atom. The summed E-state index contributed by atoms with van der Waals surface area (Å²) in [5, 5.41) is 0. The summed E-state index contributed by atoms with van der Waals surface area (Å²) in [5.74, 6) is 1.02. The Labute approximate surface area is 199 Å². The largest absolute Gasteiger partial charge is 0.491 e. The van der Waals surface area contributed by atoms with Crippen molar-refractivity contribution in [2.75, 3.05) is 44.9 Å². The first-order chi connectivity index (χ1) is 15.9. The van der Waals surface area contributed by atoms with Gasteiger partial charge in [-0.2, -0.15) is 0 Å². The lowest BCUT2D eigenvalue weighted by molar-refractivity contribution is -0.137. The van der Waals surface area contributed by atoms with E-state index in [2.05, 4.69) is 63.1 Å². The molecule has 0 unspecified atom stereocenters. The van der Waals surface area contributed by atoms with Gasteiger partial charge >= 0.3 is 5.97 Å². The molecule has 0 N–H and O–H groups in total. The molecule has 0 saturated carbocycles. The molecule has 0 amide bonds. The number of anilines is 1. The average molecular weight is 454 g/mol. The number of carbonyl (C=O) groups is 1. The molecule has 5 nitrogen and oxygen atoms in total. The summed E-state index contributed by atoms with van der Waals surface area (Å²) >= 11 is 0. The van der Waals surface area contributed by atoms with Crippen LogP contribution in [0.5, 0.6) is 5.75 Å². The number of nitrogens with zero attached hydrogens (tertiary/aromatic N) is 1. The van der Waals surface area contributed by atoms with Gasteiger partial charge in [0.25, 0.3) is 0 Å². The smallest absolute Gasteiger partial charge is 0.330 e. The van der Waals surface area contributed by atoms with Gasteiger partial charge < -0.3 is 19.1 Å². The summed E-state index contributed by atoms with van der Waals surface area (Å²) in [6.07, 6.45) is 5.55. The Kier molecular flexibility index (Phi) is 11.5. The zero-order valence-electron chi connectivity index (χ0n) is 20.8. The van der Waals surface area contributed by atoms with Gasteiger partial charge in [0.1, 0.15) is 12.4 Å². The minimum absolute atomic E-state index is 0.333. The molecule has 5 heteroatoms. The van der Waals surface area contributed by atoms with Crippen molar-refractivity contribution in [2.45, 2.75) is 40.5 Å². The van der Waals surface area contributed by atoms with Crippen molar-refractivity contribution in [2.24, 2.45) is 5.92 Å². The molecule has 0 bridgehead atoms. The van der Waals surface area contributed by atoms with E-state index in [0.29, 0.717) is 25.7 Å². The highest BCUT2D eigenvalue weighted by atomic mass is 16.5. The van der Waals surface area contributed by atoms with Crippen molar-refractivity contribution in [1.29, 1.82) is 0 Å². The number of carbonyl (C=O) groups excluding carboxylic acids is 1. The third-order valence-electron chi connectivity index (χ3n) is 5.09. The monoisotopic (exact) mass is 453 g/mol. The van der Waals surface area contributed by atoms with Crippen molar-refractivity contribution in [3.8, 4) is 16.9 Å². The highest BCUT2D eigenvalue weighted by Gasteiger charge is 2.10. The maximum atomic E-state index is 11.9. The minimum atomic E-state index is -0.333. The quantitative estimate of drug-likeness (QED) is 0.193. The molecule has 180 valence electrons. The fourth-order valence-corrected chi connectivity index (χ4v) is 3.52. The highest BCUT2D eigenvalue weighted by molar-refractivity contribution is 5.89. The number of rotatable bonds is 14. The molecule has 2 aromatic rings. The van der Waals surface area contributed by atoms with Crippen molar-refractivity contribution in [3.63, 3.8) is 0 Å². The molecule has 0 spiro atoms. The lowest BCUT2D eigenvalue weighted by Gasteiger charge is -2.24. The van der Waals surface area contributed by atoms with Crippen LogP contribution in [-0.4, -0.2) is 46.0 Å². The summed E-state index contributed by atoms with van der Waals surface area (Å²) in [5.41, 5.74) is 4.23. The van der Waals surface area contributed by atoms with Gasteiger partial charge in [0.2, 0.25) is 0 Å². The summed E-state index contributed by atoms with van der Waals surface area (Å²) < 4.78 is 16.4. The van der Waals surface area contributed by atoms with Crippen LogP contribution in [-0.2, 0) is 14.3 Å². The standard InChI is InChI=1S/C28H39NO4/c1-6-8-17-31-18-19-33-26-13-9-23(10-14-26)24-11-15-27(29(5)21-22(3)4)25(20-24)12-16-28(30)32-7-2/h9-16,20,22H,6-8,17-19,21H2,1-5H3. The lowest BCUT2D eigenvalue weighted by atomic mass is 10.0. The first kappa shape index (κ1) is 26.5. The normalized spacial score (nSPS) is 11.2. The van der Waals surface area contributed by atoms with Crippen molar-refractivity contribution in [3.05, 3.63) is 54.1 Å². The maximum absolute atomic E-state index is 11.9. The Bertz CT molecular complexity index is 874. The second-order valence-corrected chi connectivity index (χ2v) is 8.47. The SMILES string of the molecule is CCCCOCCOc1ccc(-c2ccc(N(C)CC(C)C)c(C=CC(=O)OCC)c2)cc1. The van der Waals surface area contributed by atoms with E-state index in [1.165, 1.54) is 6.08 Å². The molecule has 2 aromatic carbocycles. The van der Waals surface area contributed by atoms with Crippen LogP contribution in [0.4, 0.5) is 5.69 Å². The molecule has 0 aromatic heterocycles. The maximum Gasteiger partial charge on any atom is 0.330 e. The van der Waals surface area contributed by atoms with E-state index in [1.807, 2.05) is 18.2 Å². The number of hydrogen-bond acceptors (Lipinski definition) is 5. The Morgan fingerprint density at radius 2 is 1.73 bits per heavy atom. The van der Waals surface area contributed by atoms with E-state index in [-0.39, 0.29) is 5.97 Å². The molecule has 0 aliphatic heterocycles. The molecule has 0 aliphatic carbocycles. The van der Waals surface area contributed by atoms with Crippen LogP contribution in [0.1, 0.15) is 46.1 Å². The molecule has 2 rings (SSSR count). The van der Waals surface area contributed by atoms with Gasteiger partial charge in [0.05, 0.1) is 13.2 Å². The topological polar surface area (TPSA) is 48.0 Å². The number of hydrogen-bond donors (Lipinski definition) is 0. The number of ether oxygens (including phenoxy) is 3. The molecule has 0 saturated heterocycles. The lowest BCUT2D eigenvalue weighted by Crippen LogP contribution is -2.23. The van der Waals surface area contributed by atoms with Crippen molar-refractivity contribution >= 4 is 17.7 Å². The van der Waals surface area contributed by atoms with Crippen LogP contribution in [0, 0.1) is 5.92 Å². The summed E-state index contributed by atoms with van der Waals surface area (Å²) in [4.78, 5) is 14.1. The summed E-state index contributed by atoms with van der Waals surface area (Å²) in [6.45, 7) is 11.6. The summed E-state index contributed by atoms with van der Waals surface area (Å²) in [7, 11) is 2.08. The van der Waals surface area contributed by atoms with Gasteiger partial charge in [-0.1, -0.05) is 45.4 Å².